The highest BCUT2D eigenvalue weighted by molar-refractivity contribution is 14.0. The molecule has 0 aromatic heterocycles. The highest BCUT2D eigenvalue weighted by Gasteiger charge is 2.31. The van der Waals surface area contributed by atoms with Crippen molar-refractivity contribution >= 4 is 41.5 Å². The average molecular weight is 516 g/mol. The van der Waals surface area contributed by atoms with Crippen molar-refractivity contribution in [2.24, 2.45) is 4.99 Å². The summed E-state index contributed by atoms with van der Waals surface area (Å²) in [7, 11) is 0. The van der Waals surface area contributed by atoms with Crippen molar-refractivity contribution in [1.29, 1.82) is 0 Å². The smallest absolute Gasteiger partial charge is 0.229 e. The van der Waals surface area contributed by atoms with Gasteiger partial charge in [-0.15, -0.1) is 24.0 Å². The van der Waals surface area contributed by atoms with Gasteiger partial charge in [0.25, 0.3) is 0 Å². The van der Waals surface area contributed by atoms with Crippen LogP contribution < -0.4 is 15.5 Å². The molecule has 2 aliphatic heterocycles. The second-order valence-corrected chi connectivity index (χ2v) is 7.21. The number of carbonyl (C=O) groups excluding carboxylic acids is 1. The van der Waals surface area contributed by atoms with E-state index >= 15 is 0 Å². The topological polar surface area (TPSA) is 75.2 Å². The van der Waals surface area contributed by atoms with Crippen molar-refractivity contribution in [3.8, 4) is 0 Å². The SMILES string of the molecule is CCNC(=NCCCOCC1CCCO1)NC1CC(=O)N(c2ccccc2)C1.I. The van der Waals surface area contributed by atoms with Gasteiger partial charge in [0.05, 0.1) is 18.8 Å². The molecular formula is C21H33IN4O3. The van der Waals surface area contributed by atoms with Gasteiger partial charge in [-0.2, -0.15) is 0 Å². The number of carbonyl (C=O) groups is 1. The van der Waals surface area contributed by atoms with Gasteiger partial charge >= 0.3 is 0 Å². The van der Waals surface area contributed by atoms with E-state index < -0.39 is 0 Å². The number of halogens is 1. The molecule has 0 spiro atoms. The molecule has 2 saturated heterocycles. The van der Waals surface area contributed by atoms with E-state index in [-0.39, 0.29) is 42.0 Å². The Morgan fingerprint density at radius 1 is 1.34 bits per heavy atom. The molecule has 2 heterocycles. The first-order valence-electron chi connectivity index (χ1n) is 10.4. The minimum atomic E-state index is 0. The Bertz CT molecular complexity index is 638. The van der Waals surface area contributed by atoms with Crippen molar-refractivity contribution in [2.45, 2.75) is 44.8 Å². The molecule has 2 unspecified atom stereocenters. The number of amides is 1. The predicted octanol–water partition coefficient (Wildman–Crippen LogP) is 2.55. The summed E-state index contributed by atoms with van der Waals surface area (Å²) in [6.45, 7) is 6.39. The zero-order chi connectivity index (χ0) is 19.6. The first kappa shape index (κ1) is 23.9. The second-order valence-electron chi connectivity index (χ2n) is 7.21. The minimum Gasteiger partial charge on any atom is -0.379 e. The van der Waals surface area contributed by atoms with E-state index in [4.69, 9.17) is 9.47 Å². The number of nitrogens with one attached hydrogen (secondary N) is 2. The van der Waals surface area contributed by atoms with Gasteiger partial charge in [-0.3, -0.25) is 9.79 Å². The third-order valence-electron chi connectivity index (χ3n) is 4.92. The van der Waals surface area contributed by atoms with Crippen LogP contribution in [0.1, 0.15) is 32.6 Å². The number of guanidine groups is 1. The van der Waals surface area contributed by atoms with Crippen LogP contribution in [0.3, 0.4) is 0 Å². The van der Waals surface area contributed by atoms with E-state index in [2.05, 4.69) is 15.6 Å². The number of nitrogens with zero attached hydrogens (tertiary/aromatic N) is 2. The number of para-hydroxylation sites is 1. The van der Waals surface area contributed by atoms with Gasteiger partial charge in [0.15, 0.2) is 5.96 Å². The number of hydrogen-bond donors (Lipinski definition) is 2. The minimum absolute atomic E-state index is 0. The number of benzene rings is 1. The summed E-state index contributed by atoms with van der Waals surface area (Å²) in [5, 5.41) is 6.66. The Hall–Kier alpha value is -1.39. The van der Waals surface area contributed by atoms with Crippen molar-refractivity contribution in [3.63, 3.8) is 0 Å². The zero-order valence-electron chi connectivity index (χ0n) is 17.1. The molecular weight excluding hydrogens is 483 g/mol. The Balaban J connectivity index is 0.00000300. The second kappa shape index (κ2) is 13.0. The van der Waals surface area contributed by atoms with Gasteiger partial charge in [0.1, 0.15) is 0 Å². The van der Waals surface area contributed by atoms with Gasteiger partial charge < -0.3 is 25.0 Å². The molecule has 2 aliphatic rings. The van der Waals surface area contributed by atoms with Crippen LogP contribution >= 0.6 is 24.0 Å². The van der Waals surface area contributed by atoms with Crippen LogP contribution in [-0.2, 0) is 14.3 Å². The zero-order valence-corrected chi connectivity index (χ0v) is 19.5. The number of hydrogen-bond acceptors (Lipinski definition) is 4. The van der Waals surface area contributed by atoms with Crippen LogP contribution in [0.2, 0.25) is 0 Å². The molecule has 1 aromatic carbocycles. The Labute approximate surface area is 190 Å². The van der Waals surface area contributed by atoms with Crippen molar-refractivity contribution in [2.75, 3.05) is 44.4 Å². The number of aliphatic imine (C=N–C) groups is 1. The lowest BCUT2D eigenvalue weighted by atomic mass is 10.2. The summed E-state index contributed by atoms with van der Waals surface area (Å²) in [5.74, 6) is 0.899. The number of ether oxygens (including phenoxy) is 2. The molecule has 2 N–H and O–H groups in total. The summed E-state index contributed by atoms with van der Waals surface area (Å²) in [4.78, 5) is 18.8. The maximum atomic E-state index is 12.4. The molecule has 162 valence electrons. The largest absolute Gasteiger partial charge is 0.379 e. The van der Waals surface area contributed by atoms with Crippen LogP contribution in [0.5, 0.6) is 0 Å². The number of rotatable bonds is 9. The third kappa shape index (κ3) is 7.75. The normalized spacial score (nSPS) is 21.9. The summed E-state index contributed by atoms with van der Waals surface area (Å²) in [5.41, 5.74) is 0.946. The molecule has 1 amide bonds. The Morgan fingerprint density at radius 2 is 2.17 bits per heavy atom. The lowest BCUT2D eigenvalue weighted by Gasteiger charge is -2.19. The van der Waals surface area contributed by atoms with Crippen LogP contribution in [0.15, 0.2) is 35.3 Å². The van der Waals surface area contributed by atoms with Gasteiger partial charge in [-0.1, -0.05) is 18.2 Å². The molecule has 1 aromatic rings. The van der Waals surface area contributed by atoms with Crippen molar-refractivity contribution in [3.05, 3.63) is 30.3 Å². The molecule has 0 radical (unpaired) electrons. The van der Waals surface area contributed by atoms with Gasteiger partial charge in [0, 0.05) is 45.0 Å². The standard InChI is InChI=1S/C21H32N4O3.HI/c1-2-22-21(23-11-7-12-27-16-19-10-6-13-28-19)24-17-14-20(26)25(15-17)18-8-4-3-5-9-18;/h3-5,8-9,17,19H,2,6-7,10-16H2,1H3,(H2,22,23,24);1H. The van der Waals surface area contributed by atoms with E-state index in [9.17, 15) is 4.79 Å². The fraction of sp³-hybridized carbons (Fsp3) is 0.619. The monoisotopic (exact) mass is 516 g/mol. The fourth-order valence-electron chi connectivity index (χ4n) is 3.52. The highest BCUT2D eigenvalue weighted by Crippen LogP contribution is 2.20. The van der Waals surface area contributed by atoms with E-state index in [0.29, 0.717) is 32.7 Å². The van der Waals surface area contributed by atoms with Crippen molar-refractivity contribution in [1.82, 2.24) is 10.6 Å². The molecule has 0 bridgehead atoms. The summed E-state index contributed by atoms with van der Waals surface area (Å²) < 4.78 is 11.2. The van der Waals surface area contributed by atoms with Crippen LogP contribution in [0.25, 0.3) is 0 Å². The lowest BCUT2D eigenvalue weighted by Crippen LogP contribution is -2.44. The molecule has 3 rings (SSSR count). The summed E-state index contributed by atoms with van der Waals surface area (Å²) >= 11 is 0. The lowest BCUT2D eigenvalue weighted by molar-refractivity contribution is -0.117. The van der Waals surface area contributed by atoms with Crippen LogP contribution in [0, 0.1) is 0 Å². The van der Waals surface area contributed by atoms with E-state index in [1.54, 1.807) is 0 Å². The quantitative estimate of drug-likeness (QED) is 0.229. The van der Waals surface area contributed by atoms with Crippen LogP contribution in [0.4, 0.5) is 5.69 Å². The molecule has 2 atom stereocenters. The molecule has 29 heavy (non-hydrogen) atoms. The predicted molar refractivity (Wildman–Crippen MR) is 126 cm³/mol. The molecule has 2 fully saturated rings. The Kier molecular flexibility index (Phi) is 10.7. The maximum Gasteiger partial charge on any atom is 0.229 e. The van der Waals surface area contributed by atoms with Gasteiger partial charge in [0.2, 0.25) is 5.91 Å². The maximum absolute atomic E-state index is 12.4. The fourth-order valence-corrected chi connectivity index (χ4v) is 3.52. The number of anilines is 1. The highest BCUT2D eigenvalue weighted by atomic mass is 127. The Morgan fingerprint density at radius 3 is 2.90 bits per heavy atom. The van der Waals surface area contributed by atoms with E-state index in [1.165, 1.54) is 0 Å². The summed E-state index contributed by atoms with van der Waals surface area (Å²) in [6.07, 6.45) is 3.86. The van der Waals surface area contributed by atoms with Gasteiger partial charge in [-0.05, 0) is 38.3 Å². The van der Waals surface area contributed by atoms with E-state index in [0.717, 1.165) is 44.1 Å². The first-order valence-corrected chi connectivity index (χ1v) is 10.4. The molecule has 7 nitrogen and oxygen atoms in total. The first-order chi connectivity index (χ1) is 13.8. The molecule has 8 heteroatoms. The van der Waals surface area contributed by atoms with E-state index in [1.807, 2.05) is 42.2 Å². The molecule has 0 aliphatic carbocycles. The third-order valence-corrected chi connectivity index (χ3v) is 4.92. The average Bonchev–Trinajstić information content (AvgIpc) is 3.35. The van der Waals surface area contributed by atoms with Gasteiger partial charge in [-0.25, -0.2) is 0 Å². The van der Waals surface area contributed by atoms with Crippen molar-refractivity contribution < 1.29 is 14.3 Å². The molecule has 0 saturated carbocycles. The van der Waals surface area contributed by atoms with Crippen LogP contribution in [-0.4, -0.2) is 63.5 Å². The summed E-state index contributed by atoms with van der Waals surface area (Å²) in [6, 6.07) is 9.86.